The highest BCUT2D eigenvalue weighted by Gasteiger charge is 2.18. The first kappa shape index (κ1) is 19.4. The molecule has 0 unspecified atom stereocenters. The lowest BCUT2D eigenvalue weighted by Crippen LogP contribution is -2.33. The van der Waals surface area contributed by atoms with Gasteiger partial charge in [-0.15, -0.1) is 0 Å². The number of imidazole rings is 1. The van der Waals surface area contributed by atoms with Gasteiger partial charge in [-0.05, 0) is 55.5 Å². The number of anilines is 2. The van der Waals surface area contributed by atoms with Crippen molar-refractivity contribution >= 4 is 38.6 Å². The van der Waals surface area contributed by atoms with E-state index in [-0.39, 0.29) is 6.04 Å². The van der Waals surface area contributed by atoms with Crippen LogP contribution in [0.15, 0.2) is 71.5 Å². The quantitative estimate of drug-likeness (QED) is 0.446. The summed E-state index contributed by atoms with van der Waals surface area (Å²) in [4.78, 5) is 11.1. The first-order chi connectivity index (χ1) is 14.0. The summed E-state index contributed by atoms with van der Waals surface area (Å²) in [5.41, 5.74) is 9.06. The van der Waals surface area contributed by atoms with Gasteiger partial charge in [0.25, 0.3) is 0 Å². The highest BCUT2D eigenvalue weighted by molar-refractivity contribution is 9.10. The second-order valence-electron chi connectivity index (χ2n) is 6.97. The van der Waals surface area contributed by atoms with Crippen LogP contribution in [0.3, 0.4) is 0 Å². The molecule has 6 nitrogen and oxygen atoms in total. The average molecular weight is 452 g/mol. The van der Waals surface area contributed by atoms with Crippen molar-refractivity contribution in [3.63, 3.8) is 0 Å². The van der Waals surface area contributed by atoms with Crippen molar-refractivity contribution in [3.8, 4) is 11.5 Å². The zero-order chi connectivity index (χ0) is 20.4. The Hall–Kier alpha value is -2.90. The number of fused-ring (bicyclic) bond motifs is 1. The minimum atomic E-state index is -0.0101. The molecule has 4 aromatic rings. The van der Waals surface area contributed by atoms with Crippen LogP contribution in [-0.2, 0) is 7.05 Å². The van der Waals surface area contributed by atoms with Gasteiger partial charge in [0.1, 0.15) is 11.5 Å². The molecule has 0 aliphatic rings. The summed E-state index contributed by atoms with van der Waals surface area (Å²) in [6.45, 7) is 2.65. The van der Waals surface area contributed by atoms with Crippen LogP contribution in [0.2, 0.25) is 0 Å². The number of aromatic nitrogens is 3. The smallest absolute Gasteiger partial charge is 0.210 e. The molecule has 1 atom stereocenters. The Balaban J connectivity index is 1.73. The zero-order valence-electron chi connectivity index (χ0n) is 16.3. The van der Waals surface area contributed by atoms with Crippen molar-refractivity contribution in [1.82, 2.24) is 14.5 Å². The molecular weight excluding hydrogens is 430 g/mol. The largest absolute Gasteiger partial charge is 0.457 e. The van der Waals surface area contributed by atoms with Crippen LogP contribution in [0, 0.1) is 0 Å². The van der Waals surface area contributed by atoms with E-state index in [1.54, 1.807) is 12.4 Å². The standard InChI is InChI=1S/C22H22BrN5O/c1-15(24)14-28(17-5-3-16(23)4-6-17)22-26-20-13-19(7-8-21(20)27(22)2)29-18-9-11-25-12-10-18/h3-13,15H,14,24H2,1-2H3/t15-/m1/s1. The first-order valence-corrected chi connectivity index (χ1v) is 10.1. The molecule has 0 fully saturated rings. The Morgan fingerprint density at radius 1 is 1.07 bits per heavy atom. The van der Waals surface area contributed by atoms with Crippen molar-refractivity contribution in [1.29, 1.82) is 0 Å². The molecule has 4 rings (SSSR count). The van der Waals surface area contributed by atoms with E-state index in [0.29, 0.717) is 6.54 Å². The Kier molecular flexibility index (Phi) is 5.51. The molecule has 2 N–H and O–H groups in total. The lowest BCUT2D eigenvalue weighted by Gasteiger charge is -2.25. The van der Waals surface area contributed by atoms with Gasteiger partial charge < -0.3 is 19.9 Å². The molecule has 0 saturated heterocycles. The van der Waals surface area contributed by atoms with Gasteiger partial charge in [0.15, 0.2) is 0 Å². The van der Waals surface area contributed by atoms with Gasteiger partial charge in [-0.1, -0.05) is 15.9 Å². The topological polar surface area (TPSA) is 69.2 Å². The minimum absolute atomic E-state index is 0.0101. The maximum absolute atomic E-state index is 6.14. The lowest BCUT2D eigenvalue weighted by atomic mass is 10.2. The SMILES string of the molecule is C[C@@H](N)CN(c1ccc(Br)cc1)c1nc2cc(Oc3ccncc3)ccc2n1C. The summed E-state index contributed by atoms with van der Waals surface area (Å²) in [5.74, 6) is 2.31. The van der Waals surface area contributed by atoms with Crippen molar-refractivity contribution < 1.29 is 4.74 Å². The summed E-state index contributed by atoms with van der Waals surface area (Å²) in [6, 6.07) is 17.7. The van der Waals surface area contributed by atoms with Crippen LogP contribution in [0.4, 0.5) is 11.6 Å². The number of benzene rings is 2. The lowest BCUT2D eigenvalue weighted by molar-refractivity contribution is 0.482. The summed E-state index contributed by atoms with van der Waals surface area (Å²) in [6.07, 6.45) is 3.41. The summed E-state index contributed by atoms with van der Waals surface area (Å²) >= 11 is 3.50. The number of nitrogens with two attached hydrogens (primary N) is 1. The monoisotopic (exact) mass is 451 g/mol. The molecule has 0 bridgehead atoms. The van der Waals surface area contributed by atoms with Crippen molar-refractivity contribution in [3.05, 3.63) is 71.5 Å². The van der Waals surface area contributed by atoms with Crippen molar-refractivity contribution in [2.45, 2.75) is 13.0 Å². The summed E-state index contributed by atoms with van der Waals surface area (Å²) in [7, 11) is 2.01. The van der Waals surface area contributed by atoms with E-state index in [2.05, 4.69) is 42.5 Å². The predicted octanol–water partition coefficient (Wildman–Crippen LogP) is 5.01. The highest BCUT2D eigenvalue weighted by Crippen LogP contribution is 2.31. The van der Waals surface area contributed by atoms with Gasteiger partial charge in [0.2, 0.25) is 5.95 Å². The predicted molar refractivity (Wildman–Crippen MR) is 120 cm³/mol. The van der Waals surface area contributed by atoms with E-state index >= 15 is 0 Å². The Bertz CT molecular complexity index is 1110. The maximum Gasteiger partial charge on any atom is 0.210 e. The molecule has 0 spiro atoms. The van der Waals surface area contributed by atoms with Crippen molar-refractivity contribution in [2.75, 3.05) is 11.4 Å². The average Bonchev–Trinajstić information content (AvgIpc) is 3.03. The van der Waals surface area contributed by atoms with E-state index in [9.17, 15) is 0 Å². The fourth-order valence-corrected chi connectivity index (χ4v) is 3.49. The number of pyridine rings is 1. The third-order valence-corrected chi connectivity index (χ3v) is 5.09. The van der Waals surface area contributed by atoms with Crippen molar-refractivity contribution in [2.24, 2.45) is 12.8 Å². The first-order valence-electron chi connectivity index (χ1n) is 9.34. The fraction of sp³-hybridized carbons (Fsp3) is 0.182. The van der Waals surface area contributed by atoms with Crippen LogP contribution in [0.25, 0.3) is 11.0 Å². The third-order valence-electron chi connectivity index (χ3n) is 4.56. The molecule has 29 heavy (non-hydrogen) atoms. The number of hydrogen-bond acceptors (Lipinski definition) is 5. The molecule has 0 aliphatic carbocycles. The molecule has 2 heterocycles. The molecule has 148 valence electrons. The Labute approximate surface area is 178 Å². The van der Waals surface area contributed by atoms with E-state index in [1.807, 2.05) is 56.4 Å². The molecular formula is C22H22BrN5O. The Morgan fingerprint density at radius 2 is 1.79 bits per heavy atom. The van der Waals surface area contributed by atoms with Gasteiger partial charge in [-0.2, -0.15) is 0 Å². The zero-order valence-corrected chi connectivity index (χ0v) is 17.9. The third kappa shape index (κ3) is 4.26. The second-order valence-corrected chi connectivity index (χ2v) is 7.89. The number of ether oxygens (including phenoxy) is 1. The number of halogens is 1. The fourth-order valence-electron chi connectivity index (χ4n) is 3.23. The van der Waals surface area contributed by atoms with Crippen LogP contribution < -0.4 is 15.4 Å². The van der Waals surface area contributed by atoms with Gasteiger partial charge in [-0.3, -0.25) is 4.98 Å². The molecule has 2 aromatic carbocycles. The molecule has 2 aromatic heterocycles. The molecule has 0 radical (unpaired) electrons. The number of aryl methyl sites for hydroxylation is 1. The molecule has 0 saturated carbocycles. The van der Waals surface area contributed by atoms with E-state index in [4.69, 9.17) is 15.5 Å². The van der Waals surface area contributed by atoms with Gasteiger partial charge >= 0.3 is 0 Å². The number of nitrogens with zero attached hydrogens (tertiary/aromatic N) is 4. The van der Waals surface area contributed by atoms with Crippen LogP contribution in [0.5, 0.6) is 11.5 Å². The van der Waals surface area contributed by atoms with E-state index < -0.39 is 0 Å². The molecule has 0 amide bonds. The van der Waals surface area contributed by atoms with E-state index in [0.717, 1.165) is 38.6 Å². The normalized spacial score (nSPS) is 12.1. The minimum Gasteiger partial charge on any atom is -0.457 e. The number of rotatable bonds is 6. The highest BCUT2D eigenvalue weighted by atomic mass is 79.9. The van der Waals surface area contributed by atoms with Gasteiger partial charge in [0.05, 0.1) is 11.0 Å². The van der Waals surface area contributed by atoms with Crippen LogP contribution in [0.1, 0.15) is 6.92 Å². The van der Waals surface area contributed by atoms with Gasteiger partial charge in [-0.25, -0.2) is 4.98 Å². The molecule has 0 aliphatic heterocycles. The summed E-state index contributed by atoms with van der Waals surface area (Å²) in [5, 5.41) is 0. The van der Waals surface area contributed by atoms with Crippen LogP contribution >= 0.6 is 15.9 Å². The van der Waals surface area contributed by atoms with Gasteiger partial charge in [0, 0.05) is 48.3 Å². The number of hydrogen-bond donors (Lipinski definition) is 1. The Morgan fingerprint density at radius 3 is 2.48 bits per heavy atom. The maximum atomic E-state index is 6.14. The molecule has 7 heteroatoms. The second kappa shape index (κ2) is 8.23. The van der Waals surface area contributed by atoms with Crippen LogP contribution in [-0.4, -0.2) is 27.1 Å². The summed E-state index contributed by atoms with van der Waals surface area (Å²) < 4.78 is 9.04. The van der Waals surface area contributed by atoms with E-state index in [1.165, 1.54) is 0 Å².